The summed E-state index contributed by atoms with van der Waals surface area (Å²) in [6.45, 7) is 1.79. The Bertz CT molecular complexity index is 961. The van der Waals surface area contributed by atoms with E-state index >= 15 is 0 Å². The molecule has 9 heteroatoms. The molecular formula is C24H26Cl3FN2O2S. The van der Waals surface area contributed by atoms with Crippen molar-refractivity contribution in [3.8, 4) is 0 Å². The van der Waals surface area contributed by atoms with Crippen molar-refractivity contribution in [2.75, 3.05) is 5.75 Å². The minimum atomic E-state index is -0.719. The van der Waals surface area contributed by atoms with Crippen LogP contribution in [0.15, 0.2) is 36.4 Å². The number of amides is 2. The van der Waals surface area contributed by atoms with Gasteiger partial charge in [0.25, 0.3) is 0 Å². The molecule has 4 nitrogen and oxygen atoms in total. The third kappa shape index (κ3) is 7.01. The Balaban J connectivity index is 1.73. The van der Waals surface area contributed by atoms with Crippen LogP contribution in [0.5, 0.6) is 0 Å². The summed E-state index contributed by atoms with van der Waals surface area (Å²) in [7, 11) is 0. The average molecular weight is 532 g/mol. The van der Waals surface area contributed by atoms with E-state index in [4.69, 9.17) is 34.8 Å². The molecule has 33 heavy (non-hydrogen) atoms. The van der Waals surface area contributed by atoms with E-state index in [2.05, 4.69) is 5.32 Å². The number of rotatable bonds is 9. The van der Waals surface area contributed by atoms with Crippen LogP contribution in [0.3, 0.4) is 0 Å². The Kier molecular flexibility index (Phi) is 9.74. The van der Waals surface area contributed by atoms with Gasteiger partial charge in [0.1, 0.15) is 11.9 Å². The quantitative estimate of drug-likeness (QED) is 0.402. The minimum absolute atomic E-state index is 0.0494. The van der Waals surface area contributed by atoms with E-state index in [9.17, 15) is 14.0 Å². The smallest absolute Gasteiger partial charge is 0.242 e. The van der Waals surface area contributed by atoms with Crippen molar-refractivity contribution in [2.24, 2.45) is 0 Å². The number of hydrogen-bond acceptors (Lipinski definition) is 3. The van der Waals surface area contributed by atoms with Gasteiger partial charge < -0.3 is 10.2 Å². The van der Waals surface area contributed by atoms with Gasteiger partial charge in [-0.1, -0.05) is 59.8 Å². The fourth-order valence-electron chi connectivity index (χ4n) is 3.82. The van der Waals surface area contributed by atoms with E-state index in [-0.39, 0.29) is 35.9 Å². The van der Waals surface area contributed by atoms with E-state index in [1.165, 1.54) is 28.8 Å². The maximum Gasteiger partial charge on any atom is 0.242 e. The number of halogens is 4. The summed E-state index contributed by atoms with van der Waals surface area (Å²) < 4.78 is 14.1. The molecule has 1 N–H and O–H groups in total. The first kappa shape index (κ1) is 26.1. The number of carbonyl (C=O) groups excluding carboxylic acids is 2. The number of carbonyl (C=O) groups is 2. The lowest BCUT2D eigenvalue weighted by atomic mass is 10.1. The standard InChI is InChI=1S/C24H26Cl3FN2O2S/c1-15(24(32)29-16-6-2-3-7-16)30(12-17-19(25)8-4-9-20(17)26)23(31)14-33-13-18-21(27)10-5-11-22(18)28/h4-5,8-11,15-16H,2-3,6-7,12-14H2,1H3,(H,29,32)/t15-/m1/s1. The first-order valence-electron chi connectivity index (χ1n) is 10.8. The van der Waals surface area contributed by atoms with Crippen LogP contribution in [0.2, 0.25) is 15.1 Å². The van der Waals surface area contributed by atoms with Gasteiger partial charge in [0.15, 0.2) is 0 Å². The molecule has 0 spiro atoms. The molecule has 0 radical (unpaired) electrons. The maximum absolute atomic E-state index is 14.1. The average Bonchev–Trinajstić information content (AvgIpc) is 3.28. The lowest BCUT2D eigenvalue weighted by molar-refractivity contribution is -0.138. The molecule has 0 aromatic heterocycles. The van der Waals surface area contributed by atoms with Gasteiger partial charge >= 0.3 is 0 Å². The molecule has 0 heterocycles. The van der Waals surface area contributed by atoms with Crippen molar-refractivity contribution < 1.29 is 14.0 Å². The van der Waals surface area contributed by atoms with Crippen molar-refractivity contribution in [1.82, 2.24) is 10.2 Å². The van der Waals surface area contributed by atoms with Gasteiger partial charge in [-0.25, -0.2) is 4.39 Å². The van der Waals surface area contributed by atoms with Crippen LogP contribution in [-0.2, 0) is 21.9 Å². The van der Waals surface area contributed by atoms with Crippen molar-refractivity contribution in [2.45, 2.75) is 57.0 Å². The Hall–Kier alpha value is -1.47. The van der Waals surface area contributed by atoms with Gasteiger partial charge in [0.2, 0.25) is 11.8 Å². The van der Waals surface area contributed by atoms with E-state index in [1.54, 1.807) is 31.2 Å². The van der Waals surface area contributed by atoms with Crippen LogP contribution in [0.1, 0.15) is 43.7 Å². The number of benzene rings is 2. The normalized spacial score (nSPS) is 14.8. The highest BCUT2D eigenvalue weighted by Gasteiger charge is 2.29. The van der Waals surface area contributed by atoms with Gasteiger partial charge in [-0.05, 0) is 44.0 Å². The second-order valence-corrected chi connectivity index (χ2v) is 10.3. The molecule has 1 aliphatic carbocycles. The fraction of sp³-hybridized carbons (Fsp3) is 0.417. The van der Waals surface area contributed by atoms with Gasteiger partial charge in [-0.2, -0.15) is 0 Å². The van der Waals surface area contributed by atoms with Crippen LogP contribution in [0.4, 0.5) is 4.39 Å². The summed E-state index contributed by atoms with van der Waals surface area (Å²) in [6.07, 6.45) is 4.07. The molecule has 1 saturated carbocycles. The van der Waals surface area contributed by atoms with Gasteiger partial charge in [0.05, 0.1) is 5.75 Å². The van der Waals surface area contributed by atoms with E-state index in [0.29, 0.717) is 26.2 Å². The van der Waals surface area contributed by atoms with Crippen LogP contribution < -0.4 is 5.32 Å². The summed E-state index contributed by atoms with van der Waals surface area (Å²) in [5.41, 5.74) is 0.932. The summed E-state index contributed by atoms with van der Waals surface area (Å²) in [5.74, 6) is -0.599. The summed E-state index contributed by atoms with van der Waals surface area (Å²) >= 11 is 20.0. The molecular weight excluding hydrogens is 506 g/mol. The van der Waals surface area contributed by atoms with Crippen LogP contribution in [0.25, 0.3) is 0 Å². The molecule has 2 aromatic carbocycles. The zero-order valence-corrected chi connectivity index (χ0v) is 21.3. The SMILES string of the molecule is C[C@H](C(=O)NC1CCCC1)N(Cc1c(Cl)cccc1Cl)C(=O)CSCc1c(F)cccc1Cl. The van der Waals surface area contributed by atoms with Crippen LogP contribution >= 0.6 is 46.6 Å². The molecule has 0 saturated heterocycles. The highest BCUT2D eigenvalue weighted by Crippen LogP contribution is 2.28. The first-order chi connectivity index (χ1) is 15.8. The van der Waals surface area contributed by atoms with Gasteiger partial charge in [-0.3, -0.25) is 9.59 Å². The van der Waals surface area contributed by atoms with Crippen molar-refractivity contribution in [3.05, 3.63) is 68.4 Å². The number of hydrogen-bond donors (Lipinski definition) is 1. The highest BCUT2D eigenvalue weighted by atomic mass is 35.5. The van der Waals surface area contributed by atoms with E-state index < -0.39 is 11.9 Å². The molecule has 0 aliphatic heterocycles. The Morgan fingerprint density at radius 2 is 1.64 bits per heavy atom. The van der Waals surface area contributed by atoms with Crippen LogP contribution in [0, 0.1) is 5.82 Å². The molecule has 178 valence electrons. The van der Waals surface area contributed by atoms with Crippen molar-refractivity contribution in [1.29, 1.82) is 0 Å². The predicted octanol–water partition coefficient (Wildman–Crippen LogP) is 6.50. The number of thioether (sulfide) groups is 1. The lowest BCUT2D eigenvalue weighted by Crippen LogP contribution is -2.50. The zero-order chi connectivity index (χ0) is 24.0. The maximum atomic E-state index is 14.1. The Morgan fingerprint density at radius 3 is 2.24 bits per heavy atom. The number of nitrogens with zero attached hydrogens (tertiary/aromatic N) is 1. The largest absolute Gasteiger partial charge is 0.352 e. The molecule has 1 atom stereocenters. The van der Waals surface area contributed by atoms with E-state index in [0.717, 1.165) is 25.7 Å². The first-order valence-corrected chi connectivity index (χ1v) is 13.1. The lowest BCUT2D eigenvalue weighted by Gasteiger charge is -2.30. The Labute approximate surface area is 213 Å². The van der Waals surface area contributed by atoms with Gasteiger partial charge in [-0.15, -0.1) is 11.8 Å². The van der Waals surface area contributed by atoms with Gasteiger partial charge in [0, 0.05) is 44.5 Å². The monoisotopic (exact) mass is 530 g/mol. The molecule has 0 unspecified atom stereocenters. The van der Waals surface area contributed by atoms with Crippen molar-refractivity contribution >= 4 is 58.4 Å². The van der Waals surface area contributed by atoms with E-state index in [1.807, 2.05) is 0 Å². The van der Waals surface area contributed by atoms with Crippen molar-refractivity contribution in [3.63, 3.8) is 0 Å². The minimum Gasteiger partial charge on any atom is -0.352 e. The molecule has 1 fully saturated rings. The fourth-order valence-corrected chi connectivity index (χ4v) is 5.59. The second-order valence-electron chi connectivity index (χ2n) is 8.08. The zero-order valence-electron chi connectivity index (χ0n) is 18.3. The molecule has 0 bridgehead atoms. The number of nitrogens with one attached hydrogen (secondary N) is 1. The topological polar surface area (TPSA) is 49.4 Å². The highest BCUT2D eigenvalue weighted by molar-refractivity contribution is 7.99. The second kappa shape index (κ2) is 12.3. The summed E-state index contributed by atoms with van der Waals surface area (Å²) in [5, 5.41) is 4.22. The third-order valence-corrected chi connectivity index (χ3v) is 7.80. The molecule has 2 aromatic rings. The molecule has 1 aliphatic rings. The summed E-state index contributed by atoms with van der Waals surface area (Å²) in [4.78, 5) is 27.6. The van der Waals surface area contributed by atoms with Crippen LogP contribution in [-0.4, -0.2) is 34.6 Å². The molecule has 2 amide bonds. The molecule has 3 rings (SSSR count). The Morgan fingerprint density at radius 1 is 1.06 bits per heavy atom. The predicted molar refractivity (Wildman–Crippen MR) is 134 cm³/mol. The third-order valence-electron chi connectivity index (χ3n) is 5.79. The summed E-state index contributed by atoms with van der Waals surface area (Å²) in [6, 6.07) is 9.03.